The van der Waals surface area contributed by atoms with E-state index in [1.807, 2.05) is 24.8 Å². The molecule has 1 fully saturated rings. The monoisotopic (exact) mass is 519 g/mol. The van der Waals surface area contributed by atoms with Crippen LogP contribution in [0, 0.1) is 12.8 Å². The van der Waals surface area contributed by atoms with E-state index in [0.29, 0.717) is 0 Å². The maximum absolute atomic E-state index is 4.68. The van der Waals surface area contributed by atoms with Crippen LogP contribution in [0.4, 0.5) is 0 Å². The molecule has 0 bridgehead atoms. The van der Waals surface area contributed by atoms with E-state index in [2.05, 4.69) is 78.8 Å². The predicted octanol–water partition coefficient (Wildman–Crippen LogP) is 6.88. The molecule has 6 aromatic heterocycles. The van der Waals surface area contributed by atoms with Gasteiger partial charge < -0.3 is 10.3 Å². The Kier molecular flexibility index (Phi) is 5.98. The van der Waals surface area contributed by atoms with Crippen LogP contribution in [0.5, 0.6) is 0 Å². The van der Waals surface area contributed by atoms with Crippen molar-refractivity contribution in [2.24, 2.45) is 5.92 Å². The first-order chi connectivity index (χ1) is 18.7. The lowest BCUT2D eigenvalue weighted by molar-refractivity contribution is 0.489. The molecule has 38 heavy (non-hydrogen) atoms. The average Bonchev–Trinajstić information content (AvgIpc) is 3.74. The molecule has 6 aromatic rings. The number of aryl methyl sites for hydroxylation is 1. The van der Waals surface area contributed by atoms with Gasteiger partial charge in [-0.15, -0.1) is 11.3 Å². The van der Waals surface area contributed by atoms with E-state index in [1.54, 1.807) is 11.3 Å². The van der Waals surface area contributed by atoms with E-state index in [0.717, 1.165) is 63.6 Å². The van der Waals surface area contributed by atoms with Gasteiger partial charge in [-0.3, -0.25) is 10.1 Å². The van der Waals surface area contributed by atoms with Crippen molar-refractivity contribution in [2.75, 3.05) is 6.54 Å². The van der Waals surface area contributed by atoms with Crippen molar-refractivity contribution in [1.82, 2.24) is 35.5 Å². The smallest absolute Gasteiger partial charge is 0.155 e. The van der Waals surface area contributed by atoms with Crippen molar-refractivity contribution < 1.29 is 0 Å². The molecular formula is C30H29N7S. The second-order valence-corrected chi connectivity index (χ2v) is 11.6. The number of hydrogen-bond acceptors (Lipinski definition) is 6. The van der Waals surface area contributed by atoms with Gasteiger partial charge in [-0.25, -0.2) is 9.97 Å². The Bertz CT molecular complexity index is 1740. The number of thiophene rings is 1. The Morgan fingerprint density at radius 3 is 2.71 bits per heavy atom. The van der Waals surface area contributed by atoms with Crippen molar-refractivity contribution in [2.45, 2.75) is 39.2 Å². The van der Waals surface area contributed by atoms with E-state index >= 15 is 0 Å². The Hall–Kier alpha value is -3.88. The van der Waals surface area contributed by atoms with Crippen LogP contribution < -0.4 is 5.32 Å². The van der Waals surface area contributed by atoms with Crippen LogP contribution in [0.2, 0.25) is 0 Å². The lowest BCUT2D eigenvalue weighted by atomic mass is 10.1. The number of aromatic amines is 2. The number of aromatic nitrogens is 6. The van der Waals surface area contributed by atoms with E-state index in [-0.39, 0.29) is 0 Å². The Balaban J connectivity index is 1.20. The lowest BCUT2D eigenvalue weighted by Gasteiger charge is -2.11. The third-order valence-electron chi connectivity index (χ3n) is 7.57. The van der Waals surface area contributed by atoms with Gasteiger partial charge in [-0.1, -0.05) is 12.8 Å². The van der Waals surface area contributed by atoms with Crippen LogP contribution >= 0.6 is 11.3 Å². The van der Waals surface area contributed by atoms with Crippen molar-refractivity contribution in [1.29, 1.82) is 0 Å². The molecule has 0 unspecified atom stereocenters. The number of nitrogens with one attached hydrogen (secondary N) is 3. The third-order valence-corrected chi connectivity index (χ3v) is 8.61. The molecule has 0 aromatic carbocycles. The highest BCUT2D eigenvalue weighted by atomic mass is 32.1. The third kappa shape index (κ3) is 4.40. The molecule has 7 rings (SSSR count). The molecule has 190 valence electrons. The quantitative estimate of drug-likeness (QED) is 0.214. The number of pyridine rings is 3. The Labute approximate surface area is 224 Å². The first-order valence-corrected chi connectivity index (χ1v) is 14.1. The fourth-order valence-corrected chi connectivity index (χ4v) is 6.50. The van der Waals surface area contributed by atoms with Gasteiger partial charge in [-0.2, -0.15) is 5.10 Å². The molecule has 7 nitrogen and oxygen atoms in total. The van der Waals surface area contributed by atoms with E-state index in [4.69, 9.17) is 0 Å². The molecule has 0 atom stereocenters. The van der Waals surface area contributed by atoms with Gasteiger partial charge in [0.05, 0.1) is 5.69 Å². The highest BCUT2D eigenvalue weighted by molar-refractivity contribution is 7.15. The van der Waals surface area contributed by atoms with Crippen molar-refractivity contribution in [3.05, 3.63) is 71.6 Å². The van der Waals surface area contributed by atoms with Crippen LogP contribution in [0.15, 0.2) is 61.2 Å². The van der Waals surface area contributed by atoms with Crippen LogP contribution in [0.1, 0.15) is 36.1 Å². The second-order valence-electron chi connectivity index (χ2n) is 10.3. The molecule has 6 heterocycles. The number of nitrogens with zero attached hydrogens (tertiary/aromatic N) is 4. The summed E-state index contributed by atoms with van der Waals surface area (Å²) in [6.45, 7) is 4.05. The summed E-state index contributed by atoms with van der Waals surface area (Å²) in [4.78, 5) is 19.8. The topological polar surface area (TPSA) is 95.2 Å². The second kappa shape index (κ2) is 9.78. The largest absolute Gasteiger partial charge is 0.338 e. The molecule has 0 amide bonds. The molecule has 0 radical (unpaired) electrons. The van der Waals surface area contributed by atoms with Gasteiger partial charge in [0.1, 0.15) is 11.3 Å². The van der Waals surface area contributed by atoms with Crippen LogP contribution in [-0.4, -0.2) is 36.7 Å². The molecule has 0 aliphatic heterocycles. The first kappa shape index (κ1) is 23.3. The molecule has 0 spiro atoms. The summed E-state index contributed by atoms with van der Waals surface area (Å²) < 4.78 is 0. The molecule has 8 heteroatoms. The molecule has 1 saturated carbocycles. The number of rotatable bonds is 7. The van der Waals surface area contributed by atoms with Gasteiger partial charge in [-0.05, 0) is 74.2 Å². The van der Waals surface area contributed by atoms with Crippen LogP contribution in [0.25, 0.3) is 55.0 Å². The number of H-pyrrole nitrogens is 2. The summed E-state index contributed by atoms with van der Waals surface area (Å²) in [6.07, 6.45) is 13.1. The minimum absolute atomic E-state index is 0.756. The van der Waals surface area contributed by atoms with Gasteiger partial charge in [0.25, 0.3) is 0 Å². The minimum atomic E-state index is 0.756. The zero-order valence-electron chi connectivity index (χ0n) is 21.3. The molecular weight excluding hydrogens is 490 g/mol. The molecule has 1 aliphatic rings. The molecule has 0 saturated heterocycles. The highest BCUT2D eigenvalue weighted by Gasteiger charge is 2.17. The first-order valence-electron chi connectivity index (χ1n) is 13.3. The lowest BCUT2D eigenvalue weighted by Crippen LogP contribution is -2.20. The summed E-state index contributed by atoms with van der Waals surface area (Å²) in [7, 11) is 0. The summed E-state index contributed by atoms with van der Waals surface area (Å²) >= 11 is 1.79. The summed E-state index contributed by atoms with van der Waals surface area (Å²) in [5.74, 6) is 0.822. The van der Waals surface area contributed by atoms with Crippen molar-refractivity contribution >= 4 is 33.4 Å². The number of hydrogen-bond donors (Lipinski definition) is 3. The zero-order chi connectivity index (χ0) is 25.5. The zero-order valence-corrected chi connectivity index (χ0v) is 22.1. The number of fused-ring (bicyclic) bond motifs is 2. The molecule has 1 aliphatic carbocycles. The summed E-state index contributed by atoms with van der Waals surface area (Å²) in [6, 6.07) is 12.9. The Morgan fingerprint density at radius 2 is 1.84 bits per heavy atom. The van der Waals surface area contributed by atoms with Crippen LogP contribution in [-0.2, 0) is 6.54 Å². The highest BCUT2D eigenvalue weighted by Crippen LogP contribution is 2.36. The van der Waals surface area contributed by atoms with Gasteiger partial charge in [0.2, 0.25) is 0 Å². The normalized spacial score (nSPS) is 14.2. The average molecular weight is 520 g/mol. The standard InChI is InChI=1S/C30H29N7S/c1-18-6-7-27(38-18)23-8-9-33-29-24(23)12-26(35-29)28-25-11-22(17-34-30(25)37-36-28)21-10-20(15-32-16-21)14-31-13-19-4-2-3-5-19/h6-12,15-17,19,31H,2-5,13-14H2,1H3,(H,33,35)(H,34,36,37). The molecule has 3 N–H and O–H groups in total. The predicted molar refractivity (Wildman–Crippen MR) is 154 cm³/mol. The minimum Gasteiger partial charge on any atom is -0.338 e. The van der Waals surface area contributed by atoms with E-state index < -0.39 is 0 Å². The van der Waals surface area contributed by atoms with Crippen molar-refractivity contribution in [3.8, 4) is 33.0 Å². The van der Waals surface area contributed by atoms with Crippen LogP contribution in [0.3, 0.4) is 0 Å². The summed E-state index contributed by atoms with van der Waals surface area (Å²) in [5, 5.41) is 13.4. The van der Waals surface area contributed by atoms with Gasteiger partial charge in [0, 0.05) is 68.5 Å². The fourth-order valence-electron chi connectivity index (χ4n) is 5.59. The van der Waals surface area contributed by atoms with Gasteiger partial charge >= 0.3 is 0 Å². The van der Waals surface area contributed by atoms with E-state index in [1.165, 1.54) is 46.6 Å². The SMILES string of the molecule is Cc1ccc(-c2ccnc3[nH]c(-c4n[nH]c5ncc(-c6cncc(CNCC7CCCC7)c6)cc45)cc23)s1. The summed E-state index contributed by atoms with van der Waals surface area (Å²) in [5.41, 5.74) is 7.81. The van der Waals surface area contributed by atoms with Crippen molar-refractivity contribution in [3.63, 3.8) is 0 Å². The maximum Gasteiger partial charge on any atom is 0.155 e. The van der Waals surface area contributed by atoms with E-state index in [9.17, 15) is 0 Å². The maximum atomic E-state index is 4.68. The van der Waals surface area contributed by atoms with Gasteiger partial charge in [0.15, 0.2) is 5.65 Å². The Morgan fingerprint density at radius 1 is 0.947 bits per heavy atom. The fraction of sp³-hybridized carbons (Fsp3) is 0.267.